The lowest BCUT2D eigenvalue weighted by Gasteiger charge is -2.15. The number of halogens is 1. The van der Waals surface area contributed by atoms with Gasteiger partial charge in [0.25, 0.3) is 5.91 Å². The van der Waals surface area contributed by atoms with Crippen molar-refractivity contribution in [3.63, 3.8) is 0 Å². The van der Waals surface area contributed by atoms with Crippen molar-refractivity contribution in [1.82, 2.24) is 0 Å². The molecule has 140 valence electrons. The Kier molecular flexibility index (Phi) is 6.08. The molecule has 7 heteroatoms. The zero-order valence-electron chi connectivity index (χ0n) is 15.0. The summed E-state index contributed by atoms with van der Waals surface area (Å²) in [5.41, 5.74) is 1.44. The quantitative estimate of drug-likeness (QED) is 0.719. The van der Waals surface area contributed by atoms with E-state index in [0.717, 1.165) is 12.0 Å². The first-order chi connectivity index (χ1) is 13.0. The Bertz CT molecular complexity index is 927. The molecular formula is C20H19ClN2O3S. The van der Waals surface area contributed by atoms with E-state index in [0.29, 0.717) is 33.1 Å². The van der Waals surface area contributed by atoms with Crippen LogP contribution >= 0.6 is 23.4 Å². The second-order valence-electron chi connectivity index (χ2n) is 5.83. The Labute approximate surface area is 167 Å². The van der Waals surface area contributed by atoms with Gasteiger partial charge in [0.15, 0.2) is 16.7 Å². The number of nitrogens with zero attached hydrogens (tertiary/aromatic N) is 2. The van der Waals surface area contributed by atoms with Crippen LogP contribution in [-0.4, -0.2) is 29.8 Å². The number of phenols is 1. The van der Waals surface area contributed by atoms with Crippen LogP contribution in [0.3, 0.4) is 0 Å². The van der Waals surface area contributed by atoms with Gasteiger partial charge in [-0.15, -0.1) is 0 Å². The first-order valence-corrected chi connectivity index (χ1v) is 9.64. The number of thioether (sulfide) groups is 1. The molecule has 1 aliphatic rings. The molecule has 1 heterocycles. The molecule has 5 nitrogen and oxygen atoms in total. The van der Waals surface area contributed by atoms with Gasteiger partial charge in [-0.3, -0.25) is 14.7 Å². The van der Waals surface area contributed by atoms with E-state index in [1.54, 1.807) is 41.3 Å². The van der Waals surface area contributed by atoms with E-state index in [9.17, 15) is 9.90 Å². The monoisotopic (exact) mass is 402 g/mol. The van der Waals surface area contributed by atoms with Gasteiger partial charge in [0, 0.05) is 11.6 Å². The van der Waals surface area contributed by atoms with Crippen LogP contribution < -0.4 is 9.64 Å². The molecule has 3 rings (SSSR count). The SMILES string of the molecule is CCCN=C1S/C(=C\c2ccc(O)c(OC)c2)C(=O)N1c1cccc(Cl)c1. The molecule has 2 aromatic rings. The number of amidine groups is 1. The van der Waals surface area contributed by atoms with Crippen LogP contribution in [0.1, 0.15) is 18.9 Å². The highest BCUT2D eigenvalue weighted by Crippen LogP contribution is 2.37. The Hall–Kier alpha value is -2.44. The highest BCUT2D eigenvalue weighted by atomic mass is 35.5. The van der Waals surface area contributed by atoms with Crippen molar-refractivity contribution in [3.05, 3.63) is 58.0 Å². The van der Waals surface area contributed by atoms with Crippen LogP contribution in [-0.2, 0) is 4.79 Å². The fourth-order valence-corrected chi connectivity index (χ4v) is 3.75. The number of aliphatic imine (C=N–C) groups is 1. The molecule has 0 radical (unpaired) electrons. The van der Waals surface area contributed by atoms with Crippen LogP contribution in [0, 0.1) is 0 Å². The van der Waals surface area contributed by atoms with Crippen molar-refractivity contribution in [2.45, 2.75) is 13.3 Å². The molecule has 0 spiro atoms. The zero-order chi connectivity index (χ0) is 19.4. The summed E-state index contributed by atoms with van der Waals surface area (Å²) in [6.07, 6.45) is 2.65. The number of amides is 1. The molecule has 1 fully saturated rings. The number of ether oxygens (including phenoxy) is 1. The van der Waals surface area contributed by atoms with Crippen molar-refractivity contribution >= 4 is 46.2 Å². The Morgan fingerprint density at radius 2 is 2.11 bits per heavy atom. The maximum atomic E-state index is 13.0. The van der Waals surface area contributed by atoms with E-state index < -0.39 is 0 Å². The summed E-state index contributed by atoms with van der Waals surface area (Å²) >= 11 is 7.42. The van der Waals surface area contributed by atoms with E-state index in [-0.39, 0.29) is 11.7 Å². The van der Waals surface area contributed by atoms with Gasteiger partial charge in [0.05, 0.1) is 17.7 Å². The maximum absolute atomic E-state index is 13.0. The number of phenolic OH excluding ortho intramolecular Hbond substituents is 1. The van der Waals surface area contributed by atoms with E-state index >= 15 is 0 Å². The van der Waals surface area contributed by atoms with Crippen molar-refractivity contribution < 1.29 is 14.6 Å². The fourth-order valence-electron chi connectivity index (χ4n) is 2.56. The Morgan fingerprint density at radius 1 is 1.30 bits per heavy atom. The molecule has 2 aromatic carbocycles. The molecule has 0 aromatic heterocycles. The third kappa shape index (κ3) is 4.28. The fraction of sp³-hybridized carbons (Fsp3) is 0.200. The van der Waals surface area contributed by atoms with Crippen LogP contribution in [0.2, 0.25) is 5.02 Å². The predicted octanol–water partition coefficient (Wildman–Crippen LogP) is 4.94. The number of anilines is 1. The summed E-state index contributed by atoms with van der Waals surface area (Å²) in [5.74, 6) is 0.242. The number of carbonyl (C=O) groups excluding carboxylic acids is 1. The molecule has 27 heavy (non-hydrogen) atoms. The van der Waals surface area contributed by atoms with E-state index in [1.165, 1.54) is 24.9 Å². The number of methoxy groups -OCH3 is 1. The van der Waals surface area contributed by atoms with Gasteiger partial charge in [-0.05, 0) is 60.2 Å². The summed E-state index contributed by atoms with van der Waals surface area (Å²) in [6, 6.07) is 12.1. The van der Waals surface area contributed by atoms with Gasteiger partial charge >= 0.3 is 0 Å². The number of hydrogen-bond acceptors (Lipinski definition) is 5. The second kappa shape index (κ2) is 8.50. The van der Waals surface area contributed by atoms with E-state index in [1.807, 2.05) is 13.0 Å². The van der Waals surface area contributed by atoms with Gasteiger partial charge in [-0.25, -0.2) is 0 Å². The zero-order valence-corrected chi connectivity index (χ0v) is 16.5. The highest BCUT2D eigenvalue weighted by Gasteiger charge is 2.34. The summed E-state index contributed by atoms with van der Waals surface area (Å²) in [5, 5.41) is 10.9. The van der Waals surface area contributed by atoms with Gasteiger partial charge in [-0.2, -0.15) is 0 Å². The topological polar surface area (TPSA) is 62.1 Å². The number of hydrogen-bond donors (Lipinski definition) is 1. The molecule has 0 aliphatic carbocycles. The van der Waals surface area contributed by atoms with Gasteiger partial charge in [0.1, 0.15) is 0 Å². The number of carbonyl (C=O) groups is 1. The predicted molar refractivity (Wildman–Crippen MR) is 112 cm³/mol. The van der Waals surface area contributed by atoms with Crippen LogP contribution in [0.25, 0.3) is 6.08 Å². The largest absolute Gasteiger partial charge is 0.504 e. The molecule has 1 saturated heterocycles. The smallest absolute Gasteiger partial charge is 0.271 e. The van der Waals surface area contributed by atoms with Crippen molar-refractivity contribution in [1.29, 1.82) is 0 Å². The highest BCUT2D eigenvalue weighted by molar-refractivity contribution is 8.19. The summed E-state index contributed by atoms with van der Waals surface area (Å²) in [6.45, 7) is 2.67. The number of rotatable bonds is 5. The molecule has 0 bridgehead atoms. The molecule has 1 N–H and O–H groups in total. The molecule has 0 saturated carbocycles. The first kappa shape index (κ1) is 19.3. The maximum Gasteiger partial charge on any atom is 0.271 e. The number of aromatic hydroxyl groups is 1. The molecule has 0 unspecified atom stereocenters. The normalized spacial score (nSPS) is 17.1. The summed E-state index contributed by atoms with van der Waals surface area (Å²) in [4.78, 5) is 19.7. The van der Waals surface area contributed by atoms with Crippen molar-refractivity contribution in [2.24, 2.45) is 4.99 Å². The lowest BCUT2D eigenvalue weighted by atomic mass is 10.2. The third-order valence-corrected chi connectivity index (χ3v) is 5.09. The molecular weight excluding hydrogens is 384 g/mol. The minimum Gasteiger partial charge on any atom is -0.504 e. The molecule has 1 amide bonds. The first-order valence-electron chi connectivity index (χ1n) is 8.44. The van der Waals surface area contributed by atoms with Crippen LogP contribution in [0.4, 0.5) is 5.69 Å². The lowest BCUT2D eigenvalue weighted by Crippen LogP contribution is -2.29. The molecule has 1 aliphatic heterocycles. The minimum absolute atomic E-state index is 0.0517. The lowest BCUT2D eigenvalue weighted by molar-refractivity contribution is -0.113. The number of benzene rings is 2. The average molecular weight is 403 g/mol. The summed E-state index contributed by atoms with van der Waals surface area (Å²) < 4.78 is 5.14. The Balaban J connectivity index is 2.00. The standard InChI is InChI=1S/C20H19ClN2O3S/c1-3-9-22-20-23(15-6-4-5-14(21)12-15)19(25)18(27-20)11-13-7-8-16(24)17(10-13)26-2/h4-8,10-12,24H,3,9H2,1-2H3/b18-11-,22-20?. The molecule has 0 atom stereocenters. The van der Waals surface area contributed by atoms with Gasteiger partial charge in [-0.1, -0.05) is 30.7 Å². The van der Waals surface area contributed by atoms with E-state index in [2.05, 4.69) is 4.99 Å². The minimum atomic E-state index is -0.163. The summed E-state index contributed by atoms with van der Waals surface area (Å²) in [7, 11) is 1.48. The average Bonchev–Trinajstić information content (AvgIpc) is 2.97. The Morgan fingerprint density at radius 3 is 2.81 bits per heavy atom. The van der Waals surface area contributed by atoms with Gasteiger partial charge in [0.2, 0.25) is 0 Å². The van der Waals surface area contributed by atoms with Crippen molar-refractivity contribution in [2.75, 3.05) is 18.6 Å². The van der Waals surface area contributed by atoms with Crippen LogP contribution in [0.5, 0.6) is 11.5 Å². The second-order valence-corrected chi connectivity index (χ2v) is 7.27. The van der Waals surface area contributed by atoms with Crippen LogP contribution in [0.15, 0.2) is 52.4 Å². The van der Waals surface area contributed by atoms with Gasteiger partial charge < -0.3 is 9.84 Å². The third-order valence-electron chi connectivity index (χ3n) is 3.85. The van der Waals surface area contributed by atoms with E-state index in [4.69, 9.17) is 16.3 Å². The van der Waals surface area contributed by atoms with Crippen molar-refractivity contribution in [3.8, 4) is 11.5 Å².